The van der Waals surface area contributed by atoms with Gasteiger partial charge in [0.15, 0.2) is 5.25 Å². The number of ether oxygens (including phenoxy) is 1. The molecule has 1 aliphatic carbocycles. The second-order valence-corrected chi connectivity index (χ2v) is 6.92. The number of nitrogens with zero attached hydrogens (tertiary/aromatic N) is 1. The molecule has 0 saturated heterocycles. The van der Waals surface area contributed by atoms with Crippen molar-refractivity contribution in [1.29, 1.82) is 5.26 Å². The van der Waals surface area contributed by atoms with Crippen LogP contribution in [0.1, 0.15) is 45.4 Å². The predicted octanol–water partition coefficient (Wildman–Crippen LogP) is 1.08. The van der Waals surface area contributed by atoms with Crippen molar-refractivity contribution in [2.45, 2.75) is 56.2 Å². The van der Waals surface area contributed by atoms with Gasteiger partial charge in [0.1, 0.15) is 5.54 Å². The molecule has 0 aromatic rings. The van der Waals surface area contributed by atoms with Crippen molar-refractivity contribution in [2.24, 2.45) is 0 Å². The van der Waals surface area contributed by atoms with E-state index in [1.54, 1.807) is 0 Å². The molecule has 0 aromatic carbocycles. The maximum atomic E-state index is 12.1. The van der Waals surface area contributed by atoms with Gasteiger partial charge in [0.05, 0.1) is 13.2 Å². The molecule has 7 heteroatoms. The zero-order chi connectivity index (χ0) is 14.5. The number of sulfonamides is 1. The lowest BCUT2D eigenvalue weighted by atomic mass is 9.94. The summed E-state index contributed by atoms with van der Waals surface area (Å²) in [5.74, 6) is -0.825. The first-order valence-corrected chi connectivity index (χ1v) is 7.93. The third kappa shape index (κ3) is 3.91. The van der Waals surface area contributed by atoms with Gasteiger partial charge in [-0.3, -0.25) is 4.79 Å². The lowest BCUT2D eigenvalue weighted by molar-refractivity contribution is -0.139. The highest BCUT2D eigenvalue weighted by Gasteiger charge is 2.39. The van der Waals surface area contributed by atoms with Gasteiger partial charge >= 0.3 is 5.97 Å². The molecule has 0 heterocycles. The molecule has 1 unspecified atom stereocenters. The van der Waals surface area contributed by atoms with E-state index in [0.29, 0.717) is 12.8 Å². The van der Waals surface area contributed by atoms with E-state index >= 15 is 0 Å². The van der Waals surface area contributed by atoms with E-state index in [9.17, 15) is 18.5 Å². The molecule has 0 spiro atoms. The number of nitrogens with one attached hydrogen (secondary N) is 1. The van der Waals surface area contributed by atoms with Gasteiger partial charge in [0.25, 0.3) is 0 Å². The summed E-state index contributed by atoms with van der Waals surface area (Å²) in [7, 11) is -2.77. The Labute approximate surface area is 114 Å². The molecule has 6 nitrogen and oxygen atoms in total. The van der Waals surface area contributed by atoms with Crippen LogP contribution in [0.15, 0.2) is 0 Å². The summed E-state index contributed by atoms with van der Waals surface area (Å²) in [4.78, 5) is 11.3. The molecule has 108 valence electrons. The average Bonchev–Trinajstić information content (AvgIpc) is 2.62. The van der Waals surface area contributed by atoms with Gasteiger partial charge in [0.2, 0.25) is 10.0 Å². The van der Waals surface area contributed by atoms with E-state index < -0.39 is 26.8 Å². The van der Waals surface area contributed by atoms with Crippen LogP contribution in [0.25, 0.3) is 0 Å². The number of methoxy groups -OCH3 is 1. The van der Waals surface area contributed by atoms with Crippen molar-refractivity contribution in [2.75, 3.05) is 7.11 Å². The Morgan fingerprint density at radius 1 is 1.32 bits per heavy atom. The molecule has 19 heavy (non-hydrogen) atoms. The first-order chi connectivity index (χ1) is 8.87. The zero-order valence-corrected chi connectivity index (χ0v) is 12.1. The predicted molar refractivity (Wildman–Crippen MR) is 69.6 cm³/mol. The minimum absolute atomic E-state index is 0.483. The minimum Gasteiger partial charge on any atom is -0.468 e. The molecular weight excluding hydrogens is 268 g/mol. The van der Waals surface area contributed by atoms with E-state index in [1.807, 2.05) is 0 Å². The number of nitriles is 1. The van der Waals surface area contributed by atoms with Crippen LogP contribution in [0.2, 0.25) is 0 Å². The van der Waals surface area contributed by atoms with Crippen LogP contribution in [0.4, 0.5) is 0 Å². The zero-order valence-electron chi connectivity index (χ0n) is 11.3. The van der Waals surface area contributed by atoms with Crippen molar-refractivity contribution < 1.29 is 17.9 Å². The van der Waals surface area contributed by atoms with E-state index in [4.69, 9.17) is 0 Å². The molecule has 0 amide bonds. The molecule has 1 saturated carbocycles. The fourth-order valence-electron chi connectivity index (χ4n) is 2.22. The molecule has 0 radical (unpaired) electrons. The van der Waals surface area contributed by atoms with Crippen LogP contribution in [0.5, 0.6) is 0 Å². The van der Waals surface area contributed by atoms with Gasteiger partial charge < -0.3 is 4.74 Å². The maximum Gasteiger partial charge on any atom is 0.325 e. The molecule has 1 N–H and O–H groups in total. The Hall–Kier alpha value is -1.13. The molecule has 1 aliphatic rings. The first-order valence-electron chi connectivity index (χ1n) is 6.39. The highest BCUT2D eigenvalue weighted by atomic mass is 32.2. The molecule has 0 aromatic heterocycles. The van der Waals surface area contributed by atoms with Crippen LogP contribution >= 0.6 is 0 Å². The van der Waals surface area contributed by atoms with Gasteiger partial charge in [-0.2, -0.15) is 9.98 Å². The number of carbonyl (C=O) groups excluding carboxylic acids is 1. The van der Waals surface area contributed by atoms with Crippen molar-refractivity contribution >= 4 is 16.0 Å². The molecule has 1 rings (SSSR count). The number of rotatable bonds is 4. The molecule has 1 fully saturated rings. The summed E-state index contributed by atoms with van der Waals surface area (Å²) in [6.45, 7) is 1.26. The normalized spacial score (nSPS) is 20.9. The topological polar surface area (TPSA) is 96.3 Å². The Kier molecular flexibility index (Phi) is 5.32. The smallest absolute Gasteiger partial charge is 0.325 e. The summed E-state index contributed by atoms with van der Waals surface area (Å²) < 4.78 is 31.1. The number of carbonyl (C=O) groups is 1. The Bertz CT molecular complexity index is 459. The van der Waals surface area contributed by atoms with Gasteiger partial charge in [0, 0.05) is 0 Å². The average molecular weight is 288 g/mol. The summed E-state index contributed by atoms with van der Waals surface area (Å²) in [5, 5.41) is 8.00. The highest BCUT2D eigenvalue weighted by Crippen LogP contribution is 2.27. The van der Waals surface area contributed by atoms with E-state index in [1.165, 1.54) is 6.92 Å². The van der Waals surface area contributed by atoms with Gasteiger partial charge in [-0.25, -0.2) is 8.42 Å². The summed E-state index contributed by atoms with van der Waals surface area (Å²) in [5.41, 5.74) is -1.09. The third-order valence-electron chi connectivity index (χ3n) is 3.51. The summed E-state index contributed by atoms with van der Waals surface area (Å²) >= 11 is 0. The second kappa shape index (κ2) is 6.35. The lowest BCUT2D eigenvalue weighted by Crippen LogP contribution is -2.51. The quantitative estimate of drug-likeness (QED) is 0.617. The van der Waals surface area contributed by atoms with Crippen LogP contribution in [0.3, 0.4) is 0 Å². The van der Waals surface area contributed by atoms with Crippen molar-refractivity contribution in [3.05, 3.63) is 0 Å². The van der Waals surface area contributed by atoms with Crippen LogP contribution < -0.4 is 4.72 Å². The molecule has 1 atom stereocenters. The van der Waals surface area contributed by atoms with Gasteiger partial charge in [-0.05, 0) is 19.8 Å². The first kappa shape index (κ1) is 15.9. The third-order valence-corrected chi connectivity index (χ3v) is 5.31. The SMILES string of the molecule is COC(=O)C(C)S(=O)(=O)NC1(C#N)CCCCCC1. The molecule has 0 bridgehead atoms. The molecular formula is C12H20N2O4S. The number of hydrogen-bond acceptors (Lipinski definition) is 5. The van der Waals surface area contributed by atoms with E-state index in [0.717, 1.165) is 32.8 Å². The van der Waals surface area contributed by atoms with E-state index in [2.05, 4.69) is 15.5 Å². The second-order valence-electron chi connectivity index (χ2n) is 4.92. The Morgan fingerprint density at radius 3 is 2.26 bits per heavy atom. The standard InChI is InChI=1S/C12H20N2O4S/c1-10(11(15)18-2)19(16,17)14-12(9-13)7-5-3-4-6-8-12/h10,14H,3-8H2,1-2H3. The van der Waals surface area contributed by atoms with Gasteiger partial charge in [-0.15, -0.1) is 0 Å². The van der Waals surface area contributed by atoms with E-state index in [-0.39, 0.29) is 0 Å². The van der Waals surface area contributed by atoms with Gasteiger partial charge in [-0.1, -0.05) is 25.7 Å². The van der Waals surface area contributed by atoms with Crippen LogP contribution in [-0.2, 0) is 19.6 Å². The highest BCUT2D eigenvalue weighted by molar-refractivity contribution is 7.90. The Balaban J connectivity index is 2.91. The summed E-state index contributed by atoms with van der Waals surface area (Å²) in [6, 6.07) is 2.08. The van der Waals surface area contributed by atoms with Crippen LogP contribution in [-0.4, -0.2) is 32.3 Å². The van der Waals surface area contributed by atoms with Crippen molar-refractivity contribution in [3.8, 4) is 6.07 Å². The fraction of sp³-hybridized carbons (Fsp3) is 0.833. The maximum absolute atomic E-state index is 12.1. The monoisotopic (exact) mass is 288 g/mol. The number of esters is 1. The minimum atomic E-state index is -3.91. The Morgan fingerprint density at radius 2 is 1.84 bits per heavy atom. The van der Waals surface area contributed by atoms with Crippen LogP contribution in [0, 0.1) is 11.3 Å². The summed E-state index contributed by atoms with van der Waals surface area (Å²) in [6.07, 6.45) is 4.58. The van der Waals surface area contributed by atoms with Crippen molar-refractivity contribution in [1.82, 2.24) is 4.72 Å². The molecule has 0 aliphatic heterocycles. The van der Waals surface area contributed by atoms with Crippen molar-refractivity contribution in [3.63, 3.8) is 0 Å². The largest absolute Gasteiger partial charge is 0.468 e. The number of hydrogen-bond donors (Lipinski definition) is 1. The fourth-order valence-corrected chi connectivity index (χ4v) is 3.54. The lowest BCUT2D eigenvalue weighted by Gasteiger charge is -2.27.